The SMILES string of the molecule is N#Cc1ccc(C2=NC3(CCCC3)N(CC(=O)Nc3ccc(F)c(C(F)(F)F)c3)C2=O)cc1. The Morgan fingerprint density at radius 1 is 1.15 bits per heavy atom. The molecule has 0 aromatic heterocycles. The highest BCUT2D eigenvalue weighted by atomic mass is 19.4. The van der Waals surface area contributed by atoms with Gasteiger partial charge in [0.1, 0.15) is 23.7 Å². The van der Waals surface area contributed by atoms with Gasteiger partial charge in [-0.15, -0.1) is 0 Å². The maximum Gasteiger partial charge on any atom is 0.419 e. The Morgan fingerprint density at radius 3 is 2.42 bits per heavy atom. The van der Waals surface area contributed by atoms with Crippen molar-refractivity contribution < 1.29 is 27.2 Å². The first-order valence-electron chi connectivity index (χ1n) is 10.2. The number of nitrogens with one attached hydrogen (secondary N) is 1. The van der Waals surface area contributed by atoms with Crippen LogP contribution in [-0.2, 0) is 15.8 Å². The summed E-state index contributed by atoms with van der Waals surface area (Å²) in [6, 6.07) is 10.5. The lowest BCUT2D eigenvalue weighted by molar-refractivity contribution is -0.140. The van der Waals surface area contributed by atoms with E-state index < -0.39 is 41.6 Å². The number of alkyl halides is 3. The van der Waals surface area contributed by atoms with E-state index >= 15 is 0 Å². The van der Waals surface area contributed by atoms with Gasteiger partial charge in [-0.3, -0.25) is 14.6 Å². The minimum atomic E-state index is -4.91. The molecule has 0 saturated heterocycles. The average molecular weight is 458 g/mol. The fourth-order valence-corrected chi connectivity index (χ4v) is 4.23. The molecule has 4 rings (SSSR count). The van der Waals surface area contributed by atoms with Gasteiger partial charge in [-0.05, 0) is 56.0 Å². The van der Waals surface area contributed by atoms with Gasteiger partial charge in [0.25, 0.3) is 5.91 Å². The molecule has 2 aromatic carbocycles. The lowest BCUT2D eigenvalue weighted by atomic mass is 10.1. The number of carbonyl (C=O) groups is 2. The van der Waals surface area contributed by atoms with Gasteiger partial charge in [-0.25, -0.2) is 4.39 Å². The number of carbonyl (C=O) groups excluding carboxylic acids is 2. The van der Waals surface area contributed by atoms with Crippen LogP contribution in [0.3, 0.4) is 0 Å². The summed E-state index contributed by atoms with van der Waals surface area (Å²) in [4.78, 5) is 31.9. The molecule has 1 spiro atoms. The smallest absolute Gasteiger partial charge is 0.325 e. The molecule has 1 saturated carbocycles. The normalized spacial score (nSPS) is 17.2. The van der Waals surface area contributed by atoms with Crippen molar-refractivity contribution in [2.75, 3.05) is 11.9 Å². The summed E-state index contributed by atoms with van der Waals surface area (Å²) >= 11 is 0. The van der Waals surface area contributed by atoms with Gasteiger partial charge in [0.15, 0.2) is 0 Å². The summed E-state index contributed by atoms with van der Waals surface area (Å²) in [6.45, 7) is -0.416. The van der Waals surface area contributed by atoms with E-state index in [-0.39, 0.29) is 11.4 Å². The third kappa shape index (κ3) is 4.31. The number of anilines is 1. The third-order valence-corrected chi connectivity index (χ3v) is 5.82. The molecule has 170 valence electrons. The summed E-state index contributed by atoms with van der Waals surface area (Å²) in [5.41, 5.74) is -1.49. The molecule has 0 unspecified atom stereocenters. The molecular formula is C23H18F4N4O2. The average Bonchev–Trinajstić information content (AvgIpc) is 3.35. The lowest BCUT2D eigenvalue weighted by Gasteiger charge is -2.32. The molecule has 0 radical (unpaired) electrons. The van der Waals surface area contributed by atoms with Crippen molar-refractivity contribution in [3.63, 3.8) is 0 Å². The first-order valence-corrected chi connectivity index (χ1v) is 10.2. The van der Waals surface area contributed by atoms with Crippen LogP contribution in [0.4, 0.5) is 23.2 Å². The van der Waals surface area contributed by atoms with Gasteiger partial charge in [0, 0.05) is 11.3 Å². The van der Waals surface area contributed by atoms with Crippen molar-refractivity contribution in [2.24, 2.45) is 4.99 Å². The number of benzene rings is 2. The molecule has 2 aromatic rings. The minimum Gasteiger partial charge on any atom is -0.325 e. The molecule has 2 aliphatic rings. The predicted molar refractivity (Wildman–Crippen MR) is 111 cm³/mol. The van der Waals surface area contributed by atoms with Crippen LogP contribution in [0, 0.1) is 17.1 Å². The quantitative estimate of drug-likeness (QED) is 0.695. The Kier molecular flexibility index (Phi) is 5.66. The third-order valence-electron chi connectivity index (χ3n) is 5.82. The molecule has 6 nitrogen and oxygen atoms in total. The monoisotopic (exact) mass is 458 g/mol. The van der Waals surface area contributed by atoms with Gasteiger partial charge in [0.2, 0.25) is 5.91 Å². The van der Waals surface area contributed by atoms with E-state index in [2.05, 4.69) is 10.3 Å². The second-order valence-electron chi connectivity index (χ2n) is 7.97. The second kappa shape index (κ2) is 8.31. The van der Waals surface area contributed by atoms with Crippen LogP contribution >= 0.6 is 0 Å². The van der Waals surface area contributed by atoms with Crippen LogP contribution < -0.4 is 5.32 Å². The Hall–Kier alpha value is -3.74. The highest BCUT2D eigenvalue weighted by molar-refractivity contribution is 6.47. The van der Waals surface area contributed by atoms with Crippen LogP contribution in [0.15, 0.2) is 47.5 Å². The molecule has 1 aliphatic carbocycles. The molecule has 10 heteroatoms. The van der Waals surface area contributed by atoms with Crippen molar-refractivity contribution in [1.82, 2.24) is 4.90 Å². The number of rotatable bonds is 4. The predicted octanol–water partition coefficient (Wildman–Crippen LogP) is 4.26. The van der Waals surface area contributed by atoms with E-state index in [0.717, 1.165) is 18.9 Å². The zero-order valence-corrected chi connectivity index (χ0v) is 17.2. The Labute approximate surface area is 186 Å². The van der Waals surface area contributed by atoms with Crippen molar-refractivity contribution in [2.45, 2.75) is 37.5 Å². The highest BCUT2D eigenvalue weighted by Gasteiger charge is 2.49. The Bertz CT molecular complexity index is 1180. The standard InChI is InChI=1S/C23H18F4N4O2/c24-18-8-7-16(11-17(18)23(25,26)27)29-19(32)13-31-21(33)20(30-22(31)9-1-2-10-22)15-5-3-14(12-28)4-6-15/h3-8,11H,1-2,9-10,13H2,(H,29,32). The number of hydrogen-bond acceptors (Lipinski definition) is 4. The number of amides is 2. The number of aliphatic imine (C=N–C) groups is 1. The maximum absolute atomic E-state index is 13.5. The van der Waals surface area contributed by atoms with Crippen LogP contribution in [-0.4, -0.2) is 34.6 Å². The molecular weight excluding hydrogens is 440 g/mol. The molecule has 1 aliphatic heterocycles. The summed E-state index contributed by atoms with van der Waals surface area (Å²) in [7, 11) is 0. The number of hydrogen-bond donors (Lipinski definition) is 1. The number of nitrogens with zero attached hydrogens (tertiary/aromatic N) is 3. The molecule has 2 amide bonds. The second-order valence-corrected chi connectivity index (χ2v) is 7.97. The van der Waals surface area contributed by atoms with Crippen LogP contribution in [0.1, 0.15) is 42.4 Å². The van der Waals surface area contributed by atoms with Crippen LogP contribution in [0.25, 0.3) is 0 Å². The van der Waals surface area contributed by atoms with E-state index in [0.29, 0.717) is 36.1 Å². The Morgan fingerprint density at radius 2 is 1.82 bits per heavy atom. The van der Waals surface area contributed by atoms with E-state index in [9.17, 15) is 27.2 Å². The zero-order chi connectivity index (χ0) is 23.8. The Balaban J connectivity index is 1.55. The maximum atomic E-state index is 13.5. The van der Waals surface area contributed by atoms with E-state index in [1.807, 2.05) is 6.07 Å². The van der Waals surface area contributed by atoms with Gasteiger partial charge in [0.05, 0.1) is 17.2 Å². The molecule has 33 heavy (non-hydrogen) atoms. The van der Waals surface area contributed by atoms with Crippen molar-refractivity contribution >= 4 is 23.2 Å². The first-order chi connectivity index (χ1) is 15.6. The van der Waals surface area contributed by atoms with Crippen molar-refractivity contribution in [1.29, 1.82) is 5.26 Å². The fourth-order valence-electron chi connectivity index (χ4n) is 4.23. The van der Waals surface area contributed by atoms with E-state index in [1.165, 1.54) is 4.90 Å². The summed E-state index contributed by atoms with van der Waals surface area (Å²) in [5.74, 6) is -2.63. The summed E-state index contributed by atoms with van der Waals surface area (Å²) in [6.07, 6.45) is -2.18. The molecule has 1 fully saturated rings. The molecule has 0 bridgehead atoms. The largest absolute Gasteiger partial charge is 0.419 e. The fraction of sp³-hybridized carbons (Fsp3) is 0.304. The summed E-state index contributed by atoms with van der Waals surface area (Å²) in [5, 5.41) is 11.3. The summed E-state index contributed by atoms with van der Waals surface area (Å²) < 4.78 is 52.4. The molecule has 0 atom stereocenters. The highest BCUT2D eigenvalue weighted by Crippen LogP contribution is 2.41. The van der Waals surface area contributed by atoms with Gasteiger partial charge in [-0.1, -0.05) is 12.1 Å². The first kappa shape index (κ1) is 22.5. The number of halogens is 4. The lowest BCUT2D eigenvalue weighted by Crippen LogP contribution is -2.48. The van der Waals surface area contributed by atoms with E-state index in [4.69, 9.17) is 5.26 Å². The zero-order valence-electron chi connectivity index (χ0n) is 17.2. The number of nitriles is 1. The topological polar surface area (TPSA) is 85.6 Å². The van der Waals surface area contributed by atoms with Crippen molar-refractivity contribution in [3.05, 3.63) is 65.0 Å². The van der Waals surface area contributed by atoms with Gasteiger partial charge < -0.3 is 10.2 Å². The molecule has 1 heterocycles. The van der Waals surface area contributed by atoms with Gasteiger partial charge in [-0.2, -0.15) is 18.4 Å². The van der Waals surface area contributed by atoms with Crippen LogP contribution in [0.5, 0.6) is 0 Å². The molecule has 1 N–H and O–H groups in total. The van der Waals surface area contributed by atoms with Gasteiger partial charge >= 0.3 is 6.18 Å². The van der Waals surface area contributed by atoms with Crippen molar-refractivity contribution in [3.8, 4) is 6.07 Å². The van der Waals surface area contributed by atoms with Crippen LogP contribution in [0.2, 0.25) is 0 Å². The minimum absolute atomic E-state index is 0.176. The van der Waals surface area contributed by atoms with E-state index in [1.54, 1.807) is 24.3 Å².